The average molecular weight is 449 g/mol. The molecule has 2 aromatic heterocycles. The summed E-state index contributed by atoms with van der Waals surface area (Å²) in [5, 5.41) is 35.8. The minimum Gasteiger partial charge on any atom is -0.395 e. The average Bonchev–Trinajstić information content (AvgIpc) is 3.26. The van der Waals surface area contributed by atoms with Gasteiger partial charge in [-0.25, -0.2) is 4.98 Å². The number of nitriles is 1. The highest BCUT2D eigenvalue weighted by Crippen LogP contribution is 2.27. The van der Waals surface area contributed by atoms with Gasteiger partial charge in [-0.15, -0.1) is 0 Å². The third kappa shape index (κ3) is 5.03. The fraction of sp³-hybridized carbons (Fsp3) is 0.417. The molecule has 1 aliphatic heterocycles. The molecule has 9 heteroatoms. The molecule has 0 unspecified atom stereocenters. The number of nitrogens with one attached hydrogen (secondary N) is 1. The van der Waals surface area contributed by atoms with Crippen molar-refractivity contribution in [2.45, 2.75) is 32.2 Å². The number of aliphatic hydroxyl groups excluding tert-OH is 2. The van der Waals surface area contributed by atoms with Gasteiger partial charge in [0.15, 0.2) is 0 Å². The lowest BCUT2D eigenvalue weighted by Gasteiger charge is -2.27. The zero-order chi connectivity index (χ0) is 23.2. The predicted molar refractivity (Wildman–Crippen MR) is 123 cm³/mol. The highest BCUT2D eigenvalue weighted by atomic mass is 16.5. The first-order valence-corrected chi connectivity index (χ1v) is 11.2. The fourth-order valence-electron chi connectivity index (χ4n) is 4.04. The Kier molecular flexibility index (Phi) is 7.29. The number of rotatable bonds is 8. The number of aromatic nitrogens is 3. The Labute approximate surface area is 192 Å². The minimum absolute atomic E-state index is 0.0538. The van der Waals surface area contributed by atoms with Crippen molar-refractivity contribution in [3.05, 3.63) is 47.2 Å². The van der Waals surface area contributed by atoms with Crippen molar-refractivity contribution in [2.24, 2.45) is 0 Å². The first-order chi connectivity index (χ1) is 16.2. The molecule has 0 fully saturated rings. The zero-order valence-corrected chi connectivity index (χ0v) is 18.7. The molecule has 9 nitrogen and oxygen atoms in total. The highest BCUT2D eigenvalue weighted by molar-refractivity contribution is 5.64. The number of nitrogens with zero attached hydrogens (tertiary/aromatic N) is 5. The van der Waals surface area contributed by atoms with Crippen molar-refractivity contribution in [3.8, 4) is 28.9 Å². The van der Waals surface area contributed by atoms with Gasteiger partial charge in [-0.3, -0.25) is 4.90 Å². The van der Waals surface area contributed by atoms with Crippen LogP contribution in [0, 0.1) is 11.3 Å². The first-order valence-electron chi connectivity index (χ1n) is 11.2. The van der Waals surface area contributed by atoms with E-state index in [2.05, 4.69) is 43.5 Å². The Balaban J connectivity index is 1.54. The van der Waals surface area contributed by atoms with Crippen molar-refractivity contribution in [2.75, 3.05) is 38.2 Å². The van der Waals surface area contributed by atoms with Gasteiger partial charge in [0.1, 0.15) is 11.9 Å². The van der Waals surface area contributed by atoms with Crippen LogP contribution in [0.5, 0.6) is 0 Å². The van der Waals surface area contributed by atoms with Gasteiger partial charge in [0.25, 0.3) is 5.89 Å². The number of pyridine rings is 1. The lowest BCUT2D eigenvalue weighted by atomic mass is 10.00. The van der Waals surface area contributed by atoms with Crippen LogP contribution >= 0.6 is 0 Å². The van der Waals surface area contributed by atoms with Gasteiger partial charge >= 0.3 is 0 Å². The number of aliphatic hydroxyl groups is 2. The molecule has 3 N–H and O–H groups in total. The van der Waals surface area contributed by atoms with Crippen LogP contribution in [0.4, 0.5) is 5.82 Å². The minimum atomic E-state index is -0.228. The molecule has 4 rings (SSSR count). The molecular weight excluding hydrogens is 420 g/mol. The van der Waals surface area contributed by atoms with Crippen LogP contribution in [0.3, 0.4) is 0 Å². The maximum Gasteiger partial charge on any atom is 0.259 e. The Morgan fingerprint density at radius 3 is 2.67 bits per heavy atom. The van der Waals surface area contributed by atoms with Crippen molar-refractivity contribution < 1.29 is 14.7 Å². The van der Waals surface area contributed by atoms with E-state index in [9.17, 15) is 15.5 Å². The Morgan fingerprint density at radius 2 is 1.94 bits per heavy atom. The van der Waals surface area contributed by atoms with E-state index in [4.69, 9.17) is 4.52 Å². The van der Waals surface area contributed by atoms with Crippen LogP contribution in [-0.4, -0.2) is 69.1 Å². The summed E-state index contributed by atoms with van der Waals surface area (Å²) >= 11 is 0. The SMILES string of the molecule is CCCNc1ncc(-c2nc(-c3ccc4c(c3)CCN(C(CO)CO)CC4)no2)cc1C#N. The van der Waals surface area contributed by atoms with Crippen molar-refractivity contribution in [3.63, 3.8) is 0 Å². The van der Waals surface area contributed by atoms with Gasteiger partial charge in [0.05, 0.1) is 30.4 Å². The number of hydrogen-bond donors (Lipinski definition) is 3. The van der Waals surface area contributed by atoms with Crippen molar-refractivity contribution in [1.29, 1.82) is 5.26 Å². The van der Waals surface area contributed by atoms with E-state index in [-0.39, 0.29) is 19.3 Å². The number of hydrogen-bond acceptors (Lipinski definition) is 9. The normalized spacial score (nSPS) is 14.0. The molecule has 0 radical (unpaired) electrons. The van der Waals surface area contributed by atoms with E-state index in [1.165, 1.54) is 11.1 Å². The molecule has 0 saturated heterocycles. The molecule has 3 aromatic rings. The molecule has 172 valence electrons. The van der Waals surface area contributed by atoms with E-state index in [1.807, 2.05) is 13.0 Å². The van der Waals surface area contributed by atoms with Crippen LogP contribution in [0.1, 0.15) is 30.0 Å². The third-order valence-corrected chi connectivity index (χ3v) is 5.96. The Bertz CT molecular complexity index is 1140. The lowest BCUT2D eigenvalue weighted by molar-refractivity contribution is 0.0769. The van der Waals surface area contributed by atoms with Crippen LogP contribution in [0.25, 0.3) is 22.8 Å². The molecule has 3 heterocycles. The van der Waals surface area contributed by atoms with E-state index < -0.39 is 0 Å². The molecule has 0 atom stereocenters. The summed E-state index contributed by atoms with van der Waals surface area (Å²) in [4.78, 5) is 11.0. The summed E-state index contributed by atoms with van der Waals surface area (Å²) in [5.74, 6) is 1.34. The van der Waals surface area contributed by atoms with Gasteiger partial charge in [0, 0.05) is 31.4 Å². The van der Waals surface area contributed by atoms with Gasteiger partial charge < -0.3 is 20.1 Å². The molecule has 1 aliphatic rings. The molecule has 0 saturated carbocycles. The van der Waals surface area contributed by atoms with Crippen LogP contribution in [0.2, 0.25) is 0 Å². The maximum atomic E-state index is 9.51. The van der Waals surface area contributed by atoms with Crippen molar-refractivity contribution >= 4 is 5.82 Å². The molecular formula is C24H28N6O3. The number of anilines is 1. The Hall–Kier alpha value is -3.32. The summed E-state index contributed by atoms with van der Waals surface area (Å²) in [7, 11) is 0. The van der Waals surface area contributed by atoms with Gasteiger partial charge in [0.2, 0.25) is 5.82 Å². The smallest absolute Gasteiger partial charge is 0.259 e. The lowest BCUT2D eigenvalue weighted by Crippen LogP contribution is -2.42. The fourth-order valence-corrected chi connectivity index (χ4v) is 4.04. The number of fused-ring (bicyclic) bond motifs is 1. The predicted octanol–water partition coefficient (Wildman–Crippen LogP) is 2.25. The van der Waals surface area contributed by atoms with Gasteiger partial charge in [-0.05, 0) is 42.5 Å². The number of benzene rings is 1. The summed E-state index contributed by atoms with van der Waals surface area (Å²) in [6.07, 6.45) is 4.22. The summed E-state index contributed by atoms with van der Waals surface area (Å²) in [6.45, 7) is 4.24. The third-order valence-electron chi connectivity index (χ3n) is 5.96. The highest BCUT2D eigenvalue weighted by Gasteiger charge is 2.21. The first kappa shape index (κ1) is 22.9. The second-order valence-corrected chi connectivity index (χ2v) is 8.12. The Morgan fingerprint density at radius 1 is 1.15 bits per heavy atom. The van der Waals surface area contributed by atoms with E-state index in [0.29, 0.717) is 28.7 Å². The summed E-state index contributed by atoms with van der Waals surface area (Å²) in [5.41, 5.74) is 4.33. The van der Waals surface area contributed by atoms with E-state index in [1.54, 1.807) is 12.3 Å². The second-order valence-electron chi connectivity index (χ2n) is 8.12. The molecule has 0 bridgehead atoms. The second kappa shape index (κ2) is 10.5. The molecule has 33 heavy (non-hydrogen) atoms. The van der Waals surface area contributed by atoms with Crippen LogP contribution in [-0.2, 0) is 12.8 Å². The summed E-state index contributed by atoms with van der Waals surface area (Å²) in [6, 6.07) is 9.78. The quantitative estimate of drug-likeness (QED) is 0.475. The zero-order valence-electron chi connectivity index (χ0n) is 18.7. The van der Waals surface area contributed by atoms with E-state index >= 15 is 0 Å². The standard InChI is InChI=1S/C24H28N6O3/c1-2-7-26-22-19(12-25)11-20(13-27-22)24-28-23(29-33-24)18-4-3-16-5-8-30(21(14-31)15-32)9-6-17(16)10-18/h3-4,10-11,13,21,31-32H,2,5-9,14-15H2,1H3,(H,26,27). The molecule has 1 aromatic carbocycles. The summed E-state index contributed by atoms with van der Waals surface area (Å²) < 4.78 is 5.48. The van der Waals surface area contributed by atoms with Gasteiger partial charge in [-0.1, -0.05) is 24.2 Å². The van der Waals surface area contributed by atoms with Gasteiger partial charge in [-0.2, -0.15) is 10.2 Å². The van der Waals surface area contributed by atoms with E-state index in [0.717, 1.165) is 44.5 Å². The van der Waals surface area contributed by atoms with Crippen LogP contribution < -0.4 is 5.32 Å². The monoisotopic (exact) mass is 448 g/mol. The maximum absolute atomic E-state index is 9.51. The molecule has 0 aliphatic carbocycles. The van der Waals surface area contributed by atoms with Crippen molar-refractivity contribution in [1.82, 2.24) is 20.0 Å². The van der Waals surface area contributed by atoms with Crippen LogP contribution in [0.15, 0.2) is 35.0 Å². The molecule has 0 spiro atoms. The largest absolute Gasteiger partial charge is 0.395 e. The molecule has 0 amide bonds. The topological polar surface area (TPSA) is 131 Å².